The molecule has 33 heavy (non-hydrogen) atoms. The van der Waals surface area contributed by atoms with Gasteiger partial charge in [-0.2, -0.15) is 13.2 Å². The molecule has 2 fully saturated rings. The molecule has 0 aromatic heterocycles. The van der Waals surface area contributed by atoms with Gasteiger partial charge in [0, 0.05) is 24.5 Å². The minimum atomic E-state index is -6.09. The Hall–Kier alpha value is -1.47. The Labute approximate surface area is 206 Å². The summed E-state index contributed by atoms with van der Waals surface area (Å²) in [6.45, 7) is 2.11. The average molecular weight is 514 g/mol. The molecule has 0 saturated heterocycles. The third kappa shape index (κ3) is 10.6. The summed E-state index contributed by atoms with van der Waals surface area (Å²) >= 11 is 0. The summed E-state index contributed by atoms with van der Waals surface area (Å²) in [5.41, 5.74) is -1.84. The second kappa shape index (κ2) is 14.0. The predicted molar refractivity (Wildman–Crippen MR) is 117 cm³/mol. The van der Waals surface area contributed by atoms with E-state index in [0.29, 0.717) is 0 Å². The van der Waals surface area contributed by atoms with E-state index in [1.165, 1.54) is 28.5 Å². The molecule has 2 aromatic carbocycles. The molecule has 0 N–H and O–H groups in total. The van der Waals surface area contributed by atoms with E-state index in [9.17, 15) is 13.2 Å². The summed E-state index contributed by atoms with van der Waals surface area (Å²) in [7, 11) is -6.09. The average Bonchev–Trinajstić information content (AvgIpc) is 3.45. The van der Waals surface area contributed by atoms with E-state index in [1.807, 2.05) is 32.1 Å². The van der Waals surface area contributed by atoms with Crippen LogP contribution in [0.25, 0.3) is 0 Å². The molecule has 8 heteroatoms. The SMILES string of the molecule is Cc1ccc([CH+][C]2[CH][CH][CH][C]2c2ccccc2)cc1.O=S(=O)([O-])C(F)(F)F.[CH]1[CH][CH][CH][CH]1.[Fe+2]. The van der Waals surface area contributed by atoms with Gasteiger partial charge in [0.25, 0.3) is 0 Å². The molecule has 0 heterocycles. The van der Waals surface area contributed by atoms with Gasteiger partial charge in [0.2, 0.25) is 0 Å². The number of alkyl halides is 3. The molecule has 10 radical (unpaired) electrons. The molecule has 0 bridgehead atoms. The predicted octanol–water partition coefficient (Wildman–Crippen LogP) is 5.44. The van der Waals surface area contributed by atoms with Crippen molar-refractivity contribution in [2.45, 2.75) is 12.4 Å². The van der Waals surface area contributed by atoms with E-state index in [1.54, 1.807) is 0 Å². The summed E-state index contributed by atoms with van der Waals surface area (Å²) < 4.78 is 58.9. The van der Waals surface area contributed by atoms with Crippen LogP contribution >= 0.6 is 0 Å². The van der Waals surface area contributed by atoms with Gasteiger partial charge in [-0.05, 0) is 81.5 Å². The van der Waals surface area contributed by atoms with Gasteiger partial charge in [0.1, 0.15) is 5.56 Å². The van der Waals surface area contributed by atoms with Crippen molar-refractivity contribution in [3.63, 3.8) is 0 Å². The number of aryl methyl sites for hydroxylation is 1. The van der Waals surface area contributed by atoms with E-state index < -0.39 is 15.6 Å². The molecule has 0 aliphatic heterocycles. The second-order valence-corrected chi connectivity index (χ2v) is 8.05. The number of hydrogen-bond acceptors (Lipinski definition) is 3. The summed E-state index contributed by atoms with van der Waals surface area (Å²) in [5.74, 6) is 2.57. The van der Waals surface area contributed by atoms with Gasteiger partial charge >= 0.3 is 22.6 Å². The van der Waals surface area contributed by atoms with Crippen LogP contribution < -0.4 is 0 Å². The van der Waals surface area contributed by atoms with Crippen molar-refractivity contribution >= 4 is 10.1 Å². The molecular weight excluding hydrogens is 493 g/mol. The Morgan fingerprint density at radius 3 is 1.73 bits per heavy atom. The summed E-state index contributed by atoms with van der Waals surface area (Å²) in [6.07, 6.45) is 18.7. The fourth-order valence-electron chi connectivity index (χ4n) is 2.60. The van der Waals surface area contributed by atoms with Crippen molar-refractivity contribution in [2.75, 3.05) is 0 Å². The maximum absolute atomic E-state index is 10.7. The van der Waals surface area contributed by atoms with Crippen molar-refractivity contribution in [2.24, 2.45) is 0 Å². The Morgan fingerprint density at radius 1 is 0.788 bits per heavy atom. The largest absolute Gasteiger partial charge is 2.00 e. The maximum Gasteiger partial charge on any atom is 2.00 e. The zero-order valence-corrected chi connectivity index (χ0v) is 19.4. The van der Waals surface area contributed by atoms with Crippen LogP contribution in [0.2, 0.25) is 0 Å². The molecule has 2 aromatic rings. The van der Waals surface area contributed by atoms with Crippen LogP contribution in [0, 0.1) is 76.5 Å². The van der Waals surface area contributed by atoms with Crippen LogP contribution in [0.5, 0.6) is 0 Å². The van der Waals surface area contributed by atoms with Crippen LogP contribution in [0.3, 0.4) is 0 Å². The van der Waals surface area contributed by atoms with E-state index in [0.717, 1.165) is 0 Å². The van der Waals surface area contributed by atoms with Gasteiger partial charge in [-0.15, -0.1) is 0 Å². The van der Waals surface area contributed by atoms with Gasteiger partial charge in [-0.25, -0.2) is 8.42 Å². The first kappa shape index (κ1) is 29.6. The molecule has 172 valence electrons. The van der Waals surface area contributed by atoms with Crippen molar-refractivity contribution in [3.8, 4) is 0 Å². The zero-order chi connectivity index (χ0) is 23.6. The maximum atomic E-state index is 10.7. The van der Waals surface area contributed by atoms with Crippen molar-refractivity contribution in [1.82, 2.24) is 0 Å². The number of rotatable bonds is 3. The number of hydrogen-bond donors (Lipinski definition) is 0. The number of benzene rings is 2. The van der Waals surface area contributed by atoms with Crippen molar-refractivity contribution in [3.05, 3.63) is 141 Å². The first-order chi connectivity index (χ1) is 15.1. The fraction of sp³-hybridized carbons (Fsp3) is 0.0800. The van der Waals surface area contributed by atoms with Crippen molar-refractivity contribution < 1.29 is 43.2 Å². The quantitative estimate of drug-likeness (QED) is 0.237. The number of halogens is 3. The van der Waals surface area contributed by atoms with Gasteiger partial charge in [0.15, 0.2) is 10.1 Å². The Balaban J connectivity index is 0.000000323. The normalized spacial score (nSPS) is 16.6. The van der Waals surface area contributed by atoms with Gasteiger partial charge in [-0.1, -0.05) is 30.3 Å². The van der Waals surface area contributed by atoms with E-state index >= 15 is 0 Å². The smallest absolute Gasteiger partial charge is 0.741 e. The third-order valence-electron chi connectivity index (χ3n) is 4.17. The van der Waals surface area contributed by atoms with Crippen LogP contribution in [0.1, 0.15) is 16.7 Å². The molecule has 4 rings (SSSR count). The second-order valence-electron chi connectivity index (χ2n) is 6.68. The van der Waals surface area contributed by atoms with Gasteiger partial charge < -0.3 is 4.55 Å². The van der Waals surface area contributed by atoms with Gasteiger partial charge in [-0.3, -0.25) is 0 Å². The van der Waals surface area contributed by atoms with E-state index in [4.69, 9.17) is 13.0 Å². The van der Waals surface area contributed by atoms with Crippen LogP contribution in [-0.4, -0.2) is 18.5 Å². The first-order valence-corrected chi connectivity index (χ1v) is 10.9. The molecule has 2 aliphatic rings. The minimum Gasteiger partial charge on any atom is -0.741 e. The molecular formula is C25H21F3FeO3S+2. The molecule has 2 aliphatic carbocycles. The zero-order valence-electron chi connectivity index (χ0n) is 17.5. The third-order valence-corrected chi connectivity index (χ3v) is 4.74. The molecule has 2 saturated carbocycles. The van der Waals surface area contributed by atoms with Crippen LogP contribution in [-0.2, 0) is 27.2 Å². The summed E-state index contributed by atoms with van der Waals surface area (Å²) in [5, 5.41) is 0. The van der Waals surface area contributed by atoms with Crippen LogP contribution in [0.4, 0.5) is 13.2 Å². The molecule has 3 nitrogen and oxygen atoms in total. The first-order valence-electron chi connectivity index (χ1n) is 9.49. The van der Waals surface area contributed by atoms with Crippen molar-refractivity contribution in [1.29, 1.82) is 0 Å². The molecule has 0 amide bonds. The fourth-order valence-corrected chi connectivity index (χ4v) is 2.60. The topological polar surface area (TPSA) is 57.2 Å². The van der Waals surface area contributed by atoms with Crippen LogP contribution in [0.15, 0.2) is 54.6 Å². The van der Waals surface area contributed by atoms with Gasteiger partial charge in [0.05, 0.1) is 5.92 Å². The summed E-state index contributed by atoms with van der Waals surface area (Å²) in [4.78, 5) is 0. The Kier molecular flexibility index (Phi) is 12.6. The minimum absolute atomic E-state index is 0. The standard InChI is InChI=1S/C19H16.C5H5.CHF3O3S.Fe/c1-15-10-12-16(13-11-15)14-18-8-5-9-19(18)17-6-3-2-4-7-17;1-2-4-5-3-1;2-1(3,4)8(5,6)7;/h2-14H,1H3;1-5H;(H,5,6,7);/q+1;;;+2/p-1. The molecule has 0 unspecified atom stereocenters. The van der Waals surface area contributed by atoms with E-state index in [2.05, 4.69) is 87.2 Å². The Morgan fingerprint density at radius 2 is 1.27 bits per heavy atom. The Bertz CT molecular complexity index is 889. The summed E-state index contributed by atoms with van der Waals surface area (Å²) in [6, 6.07) is 19.2. The molecule has 0 atom stereocenters. The monoisotopic (exact) mass is 514 g/mol. The molecule has 0 spiro atoms. The van der Waals surface area contributed by atoms with E-state index in [-0.39, 0.29) is 17.1 Å².